The van der Waals surface area contributed by atoms with Crippen LogP contribution in [0.3, 0.4) is 0 Å². The van der Waals surface area contributed by atoms with Gasteiger partial charge in [-0.2, -0.15) is 0 Å². The minimum absolute atomic E-state index is 0.180. The van der Waals surface area contributed by atoms with Crippen molar-refractivity contribution in [3.63, 3.8) is 0 Å². The first-order valence-electron chi connectivity index (χ1n) is 10.6. The number of amides is 1. The number of carbonyl (C=O) groups is 2. The number of Topliss-reactive ketones (excluding diaryl/α,β-unsaturated/α-hetero) is 1. The van der Waals surface area contributed by atoms with Crippen molar-refractivity contribution >= 4 is 17.4 Å². The molecule has 0 atom stereocenters. The van der Waals surface area contributed by atoms with Crippen LogP contribution in [-0.2, 0) is 11.2 Å². The Morgan fingerprint density at radius 3 is 2.55 bits per heavy atom. The van der Waals surface area contributed by atoms with Crippen LogP contribution in [0.1, 0.15) is 48.5 Å². The predicted octanol–water partition coefficient (Wildman–Crippen LogP) is 4.54. The van der Waals surface area contributed by atoms with E-state index in [1.54, 1.807) is 0 Å². The van der Waals surface area contributed by atoms with E-state index in [0.29, 0.717) is 12.8 Å². The smallest absolute Gasteiger partial charge is 0.226 e. The zero-order valence-electron chi connectivity index (χ0n) is 17.0. The maximum Gasteiger partial charge on any atom is 0.226 e. The van der Waals surface area contributed by atoms with Crippen molar-refractivity contribution in [1.29, 1.82) is 0 Å². The van der Waals surface area contributed by atoms with E-state index in [2.05, 4.69) is 29.6 Å². The largest absolute Gasteiger partial charge is 0.313 e. The molecule has 1 amide bonds. The van der Waals surface area contributed by atoms with Crippen LogP contribution in [0.2, 0.25) is 0 Å². The fourth-order valence-electron chi connectivity index (χ4n) is 4.19. The average molecular weight is 389 g/mol. The summed E-state index contributed by atoms with van der Waals surface area (Å²) in [7, 11) is 0. The maximum atomic E-state index is 12.5. The number of hydrogen-bond donors (Lipinski definition) is 1. The quantitative estimate of drug-likeness (QED) is 0.584. The second-order valence-corrected chi connectivity index (χ2v) is 7.81. The first-order valence-corrected chi connectivity index (χ1v) is 10.6. The monoisotopic (exact) mass is 388 g/mol. The van der Waals surface area contributed by atoms with E-state index >= 15 is 0 Å². The fraction of sp³-hybridized carbons (Fsp3) is 0.360. The van der Waals surface area contributed by atoms with E-state index in [1.807, 2.05) is 36.1 Å². The molecule has 4 rings (SSSR count). The molecule has 2 aliphatic rings. The Bertz CT molecular complexity index is 944. The lowest BCUT2D eigenvalue weighted by molar-refractivity contribution is -0.118. The van der Waals surface area contributed by atoms with Gasteiger partial charge in [-0.05, 0) is 54.6 Å². The van der Waals surface area contributed by atoms with E-state index in [1.165, 1.54) is 11.1 Å². The summed E-state index contributed by atoms with van der Waals surface area (Å²) in [6, 6.07) is 14.2. The highest BCUT2D eigenvalue weighted by atomic mass is 16.2. The van der Waals surface area contributed by atoms with Crippen LogP contribution >= 0.6 is 0 Å². The van der Waals surface area contributed by atoms with Crippen LogP contribution in [0.25, 0.3) is 11.1 Å². The molecule has 0 unspecified atom stereocenters. The van der Waals surface area contributed by atoms with Gasteiger partial charge in [0.15, 0.2) is 5.78 Å². The van der Waals surface area contributed by atoms with Gasteiger partial charge in [0.05, 0.1) is 0 Å². The highest BCUT2D eigenvalue weighted by Gasteiger charge is 2.23. The fourth-order valence-corrected chi connectivity index (χ4v) is 4.19. The molecular formula is C25H28N2O2. The molecule has 29 heavy (non-hydrogen) atoms. The van der Waals surface area contributed by atoms with E-state index in [0.717, 1.165) is 61.3 Å². The molecule has 4 nitrogen and oxygen atoms in total. The number of anilines is 1. The summed E-state index contributed by atoms with van der Waals surface area (Å²) in [5.74, 6) is 0.387. The minimum atomic E-state index is 0.180. The molecule has 0 radical (unpaired) electrons. The van der Waals surface area contributed by atoms with Crippen molar-refractivity contribution in [3.8, 4) is 11.1 Å². The first kappa shape index (κ1) is 19.6. The highest BCUT2D eigenvalue weighted by Crippen LogP contribution is 2.33. The van der Waals surface area contributed by atoms with Crippen LogP contribution in [-0.4, -0.2) is 31.3 Å². The predicted molar refractivity (Wildman–Crippen MR) is 117 cm³/mol. The number of benzene rings is 2. The molecule has 1 N–H and O–H groups in total. The number of carbonyl (C=O) groups excluding carboxylic acids is 2. The Kier molecular flexibility index (Phi) is 5.91. The number of nitrogens with zero attached hydrogens (tertiary/aromatic N) is 1. The number of fused-ring (bicyclic) bond motifs is 1. The number of nitrogens with one attached hydrogen (secondary N) is 1. The number of ketones is 1. The number of rotatable bonds is 6. The van der Waals surface area contributed by atoms with Crippen LogP contribution in [0, 0.1) is 0 Å². The van der Waals surface area contributed by atoms with E-state index in [-0.39, 0.29) is 11.7 Å². The molecule has 4 heteroatoms. The summed E-state index contributed by atoms with van der Waals surface area (Å²) in [4.78, 5) is 26.5. The summed E-state index contributed by atoms with van der Waals surface area (Å²) in [6.45, 7) is 4.61. The third-order valence-corrected chi connectivity index (χ3v) is 5.95. The van der Waals surface area contributed by atoms with Gasteiger partial charge in [-0.3, -0.25) is 9.59 Å². The van der Waals surface area contributed by atoms with Gasteiger partial charge in [0.2, 0.25) is 5.91 Å². The Morgan fingerprint density at radius 1 is 1.03 bits per heavy atom. The van der Waals surface area contributed by atoms with Crippen molar-refractivity contribution in [2.45, 2.75) is 39.0 Å². The molecule has 0 saturated carbocycles. The van der Waals surface area contributed by atoms with Gasteiger partial charge in [-0.25, -0.2) is 0 Å². The minimum Gasteiger partial charge on any atom is -0.313 e. The molecule has 0 bridgehead atoms. The molecule has 2 aromatic carbocycles. The molecule has 2 aromatic rings. The van der Waals surface area contributed by atoms with Gasteiger partial charge in [0, 0.05) is 37.2 Å². The van der Waals surface area contributed by atoms with Gasteiger partial charge in [-0.15, -0.1) is 0 Å². The van der Waals surface area contributed by atoms with E-state index in [9.17, 15) is 9.59 Å². The van der Waals surface area contributed by atoms with Crippen LogP contribution in [0.15, 0.2) is 54.1 Å². The molecule has 0 saturated heterocycles. The Hall–Kier alpha value is -2.72. The third kappa shape index (κ3) is 4.33. The Morgan fingerprint density at radius 2 is 1.83 bits per heavy atom. The lowest BCUT2D eigenvalue weighted by Gasteiger charge is -2.16. The normalized spacial score (nSPS) is 15.8. The molecule has 2 aliphatic heterocycles. The standard InChI is InChI=1S/C25H28N2O2/c1-2-25(29)27-16-13-22-17-21(8-9-23(22)27)19-4-6-20(7-5-19)24(28)10-3-18-11-14-26-15-12-18/h4-9,11,17,26H,2-3,10,12-16H2,1H3. The third-order valence-electron chi connectivity index (χ3n) is 5.95. The summed E-state index contributed by atoms with van der Waals surface area (Å²) >= 11 is 0. The zero-order valence-corrected chi connectivity index (χ0v) is 17.0. The Balaban J connectivity index is 1.43. The van der Waals surface area contributed by atoms with E-state index < -0.39 is 0 Å². The van der Waals surface area contributed by atoms with Gasteiger partial charge in [0.25, 0.3) is 0 Å². The zero-order chi connectivity index (χ0) is 20.2. The molecular weight excluding hydrogens is 360 g/mol. The average Bonchev–Trinajstić information content (AvgIpc) is 3.21. The van der Waals surface area contributed by atoms with Crippen molar-refractivity contribution in [2.75, 3.05) is 24.5 Å². The van der Waals surface area contributed by atoms with Crippen molar-refractivity contribution in [2.24, 2.45) is 0 Å². The van der Waals surface area contributed by atoms with Crippen molar-refractivity contribution in [1.82, 2.24) is 5.32 Å². The van der Waals surface area contributed by atoms with E-state index in [4.69, 9.17) is 0 Å². The lowest BCUT2D eigenvalue weighted by Crippen LogP contribution is -2.27. The van der Waals surface area contributed by atoms with Crippen molar-refractivity contribution < 1.29 is 9.59 Å². The van der Waals surface area contributed by atoms with Gasteiger partial charge in [0.1, 0.15) is 0 Å². The summed E-state index contributed by atoms with van der Waals surface area (Å²) in [5, 5.41) is 3.30. The topological polar surface area (TPSA) is 49.4 Å². The molecule has 0 aromatic heterocycles. The van der Waals surface area contributed by atoms with Crippen LogP contribution in [0.4, 0.5) is 5.69 Å². The van der Waals surface area contributed by atoms with Crippen LogP contribution in [0.5, 0.6) is 0 Å². The SMILES string of the molecule is CCC(=O)N1CCc2cc(-c3ccc(C(=O)CCC4=CCNCC4)cc3)ccc21. The summed E-state index contributed by atoms with van der Waals surface area (Å²) in [5.41, 5.74) is 6.67. The summed E-state index contributed by atoms with van der Waals surface area (Å²) < 4.78 is 0. The second-order valence-electron chi connectivity index (χ2n) is 7.81. The Labute approximate surface area is 172 Å². The molecule has 0 spiro atoms. The van der Waals surface area contributed by atoms with Gasteiger partial charge in [-0.1, -0.05) is 48.9 Å². The summed E-state index contributed by atoms with van der Waals surface area (Å²) in [6.07, 6.45) is 6.13. The first-order chi connectivity index (χ1) is 14.2. The van der Waals surface area contributed by atoms with Gasteiger partial charge >= 0.3 is 0 Å². The van der Waals surface area contributed by atoms with Gasteiger partial charge < -0.3 is 10.2 Å². The number of hydrogen-bond acceptors (Lipinski definition) is 3. The van der Waals surface area contributed by atoms with Crippen LogP contribution < -0.4 is 10.2 Å². The maximum absolute atomic E-state index is 12.5. The molecule has 0 aliphatic carbocycles. The second kappa shape index (κ2) is 8.75. The molecule has 150 valence electrons. The lowest BCUT2D eigenvalue weighted by atomic mass is 9.97. The molecule has 0 fully saturated rings. The van der Waals surface area contributed by atoms with Crippen molar-refractivity contribution in [3.05, 3.63) is 65.2 Å². The molecule has 2 heterocycles. The highest BCUT2D eigenvalue weighted by molar-refractivity contribution is 5.97.